The fraction of sp³-hybridized carbons (Fsp3) is 0.562. The second kappa shape index (κ2) is 8.16. The number of carbonyl (C=O) groups excluding carboxylic acids is 1. The minimum Gasteiger partial charge on any atom is -0.371 e. The standard InChI is InChI=1S/C16H22Cl2N2O2/c1-3-20(4-2)16(21)11-19-7-8-22-15(10-19)12-5-6-13(17)14(18)9-12/h5-6,9,15H,3-4,7-8,10-11H2,1-2H3. The Morgan fingerprint density at radius 1 is 1.32 bits per heavy atom. The molecular weight excluding hydrogens is 323 g/mol. The molecule has 0 N–H and O–H groups in total. The van der Waals surface area contributed by atoms with E-state index in [0.717, 1.165) is 25.2 Å². The summed E-state index contributed by atoms with van der Waals surface area (Å²) in [7, 11) is 0. The van der Waals surface area contributed by atoms with E-state index in [1.165, 1.54) is 0 Å². The van der Waals surface area contributed by atoms with Crippen LogP contribution in [-0.4, -0.2) is 55.0 Å². The normalized spacial score (nSPS) is 19.2. The molecule has 2 rings (SSSR count). The maximum Gasteiger partial charge on any atom is 0.236 e. The highest BCUT2D eigenvalue weighted by Gasteiger charge is 2.25. The van der Waals surface area contributed by atoms with Crippen molar-refractivity contribution in [2.45, 2.75) is 20.0 Å². The number of amides is 1. The van der Waals surface area contributed by atoms with Gasteiger partial charge < -0.3 is 9.64 Å². The van der Waals surface area contributed by atoms with Gasteiger partial charge in [0.05, 0.1) is 29.3 Å². The second-order valence-corrected chi connectivity index (χ2v) is 6.15. The summed E-state index contributed by atoms with van der Waals surface area (Å²) in [6.45, 7) is 7.99. The fourth-order valence-corrected chi connectivity index (χ4v) is 2.93. The minimum absolute atomic E-state index is 0.0759. The molecule has 1 fully saturated rings. The molecule has 1 aliphatic rings. The molecule has 0 aliphatic carbocycles. The van der Waals surface area contributed by atoms with Gasteiger partial charge >= 0.3 is 0 Å². The summed E-state index contributed by atoms with van der Waals surface area (Å²) < 4.78 is 5.82. The van der Waals surface area contributed by atoms with Crippen molar-refractivity contribution >= 4 is 29.1 Å². The van der Waals surface area contributed by atoms with Crippen molar-refractivity contribution in [1.82, 2.24) is 9.80 Å². The first kappa shape index (κ1) is 17.5. The van der Waals surface area contributed by atoms with Gasteiger partial charge in [0.25, 0.3) is 0 Å². The van der Waals surface area contributed by atoms with E-state index in [4.69, 9.17) is 27.9 Å². The third-order valence-electron chi connectivity index (χ3n) is 3.94. The summed E-state index contributed by atoms with van der Waals surface area (Å²) >= 11 is 12.0. The monoisotopic (exact) mass is 344 g/mol. The zero-order chi connectivity index (χ0) is 16.1. The number of hydrogen-bond donors (Lipinski definition) is 0. The number of hydrogen-bond acceptors (Lipinski definition) is 3. The van der Waals surface area contributed by atoms with Crippen molar-refractivity contribution < 1.29 is 9.53 Å². The van der Waals surface area contributed by atoms with Gasteiger partial charge in [0.15, 0.2) is 0 Å². The molecule has 1 saturated heterocycles. The highest BCUT2D eigenvalue weighted by atomic mass is 35.5. The number of nitrogens with zero attached hydrogens (tertiary/aromatic N) is 2. The Morgan fingerprint density at radius 3 is 2.68 bits per heavy atom. The van der Waals surface area contributed by atoms with E-state index in [0.29, 0.717) is 29.7 Å². The van der Waals surface area contributed by atoms with Gasteiger partial charge in [-0.15, -0.1) is 0 Å². The Hall–Kier alpha value is -0.810. The predicted octanol–water partition coefficient (Wildman–Crippen LogP) is 3.24. The van der Waals surface area contributed by atoms with Crippen LogP contribution in [0.25, 0.3) is 0 Å². The van der Waals surface area contributed by atoms with Crippen molar-refractivity contribution in [3.8, 4) is 0 Å². The quantitative estimate of drug-likeness (QED) is 0.821. The zero-order valence-electron chi connectivity index (χ0n) is 13.0. The van der Waals surface area contributed by atoms with Gasteiger partial charge in [0.1, 0.15) is 0 Å². The van der Waals surface area contributed by atoms with Gasteiger partial charge in [-0.2, -0.15) is 0 Å². The van der Waals surface area contributed by atoms with E-state index >= 15 is 0 Å². The molecule has 0 bridgehead atoms. The topological polar surface area (TPSA) is 32.8 Å². The molecule has 1 aromatic carbocycles. The van der Waals surface area contributed by atoms with Crippen LogP contribution < -0.4 is 0 Å². The average molecular weight is 345 g/mol. The fourth-order valence-electron chi connectivity index (χ4n) is 2.63. The molecule has 1 amide bonds. The van der Waals surface area contributed by atoms with E-state index in [1.54, 1.807) is 6.07 Å². The molecular formula is C16H22Cl2N2O2. The third kappa shape index (κ3) is 4.35. The van der Waals surface area contributed by atoms with E-state index in [2.05, 4.69) is 4.90 Å². The van der Waals surface area contributed by atoms with Gasteiger partial charge in [-0.1, -0.05) is 29.3 Å². The molecule has 122 valence electrons. The molecule has 1 atom stereocenters. The zero-order valence-corrected chi connectivity index (χ0v) is 14.5. The first-order chi connectivity index (χ1) is 10.5. The van der Waals surface area contributed by atoms with E-state index in [1.807, 2.05) is 30.9 Å². The molecule has 0 radical (unpaired) electrons. The van der Waals surface area contributed by atoms with Crippen molar-refractivity contribution in [2.24, 2.45) is 0 Å². The van der Waals surface area contributed by atoms with E-state index in [-0.39, 0.29) is 12.0 Å². The van der Waals surface area contributed by atoms with Crippen LogP contribution in [0.3, 0.4) is 0 Å². The number of ether oxygens (including phenoxy) is 1. The number of carbonyl (C=O) groups is 1. The molecule has 22 heavy (non-hydrogen) atoms. The Morgan fingerprint density at radius 2 is 2.05 bits per heavy atom. The number of benzene rings is 1. The van der Waals surface area contributed by atoms with Crippen molar-refractivity contribution in [3.05, 3.63) is 33.8 Å². The van der Waals surface area contributed by atoms with Crippen molar-refractivity contribution in [2.75, 3.05) is 39.3 Å². The number of halogens is 2. The molecule has 0 spiro atoms. The Bertz CT molecular complexity index is 521. The predicted molar refractivity (Wildman–Crippen MR) is 89.5 cm³/mol. The van der Waals surface area contributed by atoms with Crippen LogP contribution in [0.15, 0.2) is 18.2 Å². The molecule has 1 aliphatic heterocycles. The highest BCUT2D eigenvalue weighted by molar-refractivity contribution is 6.42. The first-order valence-corrected chi connectivity index (χ1v) is 8.37. The number of likely N-dealkylation sites (N-methyl/N-ethyl adjacent to an activating group) is 1. The van der Waals surface area contributed by atoms with Crippen LogP contribution in [0.1, 0.15) is 25.5 Å². The largest absolute Gasteiger partial charge is 0.371 e. The third-order valence-corrected chi connectivity index (χ3v) is 4.68. The van der Waals surface area contributed by atoms with Crippen LogP contribution in [-0.2, 0) is 9.53 Å². The van der Waals surface area contributed by atoms with Crippen LogP contribution in [0.2, 0.25) is 10.0 Å². The van der Waals surface area contributed by atoms with Crippen LogP contribution in [0, 0.1) is 0 Å². The minimum atomic E-state index is -0.0759. The smallest absolute Gasteiger partial charge is 0.236 e. The number of rotatable bonds is 5. The van der Waals surface area contributed by atoms with Crippen LogP contribution in [0.4, 0.5) is 0 Å². The van der Waals surface area contributed by atoms with Crippen molar-refractivity contribution in [1.29, 1.82) is 0 Å². The lowest BCUT2D eigenvalue weighted by Gasteiger charge is -2.34. The average Bonchev–Trinajstić information content (AvgIpc) is 2.51. The maximum atomic E-state index is 12.2. The highest BCUT2D eigenvalue weighted by Crippen LogP contribution is 2.29. The van der Waals surface area contributed by atoms with Gasteiger partial charge in [0, 0.05) is 26.2 Å². The Kier molecular flexibility index (Phi) is 6.50. The summed E-state index contributed by atoms with van der Waals surface area (Å²) in [6, 6.07) is 5.54. The lowest BCUT2D eigenvalue weighted by Crippen LogP contribution is -2.45. The number of morpholine rings is 1. The van der Waals surface area contributed by atoms with Gasteiger partial charge in [-0.3, -0.25) is 9.69 Å². The summed E-state index contributed by atoms with van der Waals surface area (Å²) in [6.07, 6.45) is -0.0759. The molecule has 6 heteroatoms. The van der Waals surface area contributed by atoms with Gasteiger partial charge in [0.2, 0.25) is 5.91 Å². The molecule has 1 aromatic rings. The lowest BCUT2D eigenvalue weighted by molar-refractivity contribution is -0.134. The lowest BCUT2D eigenvalue weighted by atomic mass is 10.1. The molecule has 0 aromatic heterocycles. The Labute approximate surface area is 141 Å². The van der Waals surface area contributed by atoms with Crippen LogP contribution in [0.5, 0.6) is 0 Å². The summed E-state index contributed by atoms with van der Waals surface area (Å²) in [5.74, 6) is 0.166. The van der Waals surface area contributed by atoms with E-state index < -0.39 is 0 Å². The second-order valence-electron chi connectivity index (χ2n) is 5.33. The molecule has 4 nitrogen and oxygen atoms in total. The first-order valence-electron chi connectivity index (χ1n) is 7.61. The van der Waals surface area contributed by atoms with E-state index in [9.17, 15) is 4.79 Å². The molecule has 1 unspecified atom stereocenters. The van der Waals surface area contributed by atoms with Gasteiger partial charge in [-0.25, -0.2) is 0 Å². The SMILES string of the molecule is CCN(CC)C(=O)CN1CCOC(c2ccc(Cl)c(Cl)c2)C1. The molecule has 1 heterocycles. The molecule has 0 saturated carbocycles. The van der Waals surface area contributed by atoms with Crippen LogP contribution >= 0.6 is 23.2 Å². The summed E-state index contributed by atoms with van der Waals surface area (Å²) in [5.41, 5.74) is 0.995. The summed E-state index contributed by atoms with van der Waals surface area (Å²) in [5, 5.41) is 1.06. The van der Waals surface area contributed by atoms with Crippen molar-refractivity contribution in [3.63, 3.8) is 0 Å². The summed E-state index contributed by atoms with van der Waals surface area (Å²) in [4.78, 5) is 16.2. The van der Waals surface area contributed by atoms with Gasteiger partial charge in [-0.05, 0) is 31.5 Å². The maximum absolute atomic E-state index is 12.2. The Balaban J connectivity index is 1.99.